The summed E-state index contributed by atoms with van der Waals surface area (Å²) in [6.07, 6.45) is 7.00. The highest BCUT2D eigenvalue weighted by atomic mass is 16.3. The van der Waals surface area contributed by atoms with E-state index in [-0.39, 0.29) is 0 Å². The lowest BCUT2D eigenvalue weighted by Gasteiger charge is -2.21. The first-order valence-electron chi connectivity index (χ1n) is 9.99. The molecular formula is C23H34N2O. The van der Waals surface area contributed by atoms with E-state index in [1.807, 2.05) is 18.2 Å². The van der Waals surface area contributed by atoms with Crippen molar-refractivity contribution in [3.8, 4) is 0 Å². The van der Waals surface area contributed by atoms with Crippen LogP contribution in [0.4, 0.5) is 11.4 Å². The first-order chi connectivity index (χ1) is 12.6. The van der Waals surface area contributed by atoms with E-state index in [1.165, 1.54) is 11.1 Å². The number of aliphatic hydroxyl groups is 1. The van der Waals surface area contributed by atoms with Crippen LogP contribution in [-0.2, 0) is 0 Å². The summed E-state index contributed by atoms with van der Waals surface area (Å²) in [5.41, 5.74) is 16.9. The Kier molecular flexibility index (Phi) is 7.99. The third kappa shape index (κ3) is 5.50. The number of nitrogen functional groups attached to an aromatic ring is 2. The highest BCUT2D eigenvalue weighted by Crippen LogP contribution is 2.34. The normalized spacial score (nSPS) is 13.5. The lowest BCUT2D eigenvalue weighted by molar-refractivity contribution is 0.164. The van der Waals surface area contributed by atoms with Crippen molar-refractivity contribution < 1.29 is 5.11 Å². The predicted octanol–water partition coefficient (Wildman–Crippen LogP) is 5.79. The molecule has 0 aliphatic heterocycles. The van der Waals surface area contributed by atoms with Crippen molar-refractivity contribution in [1.82, 2.24) is 0 Å². The first kappa shape index (κ1) is 20.3. The molecule has 0 heterocycles. The van der Waals surface area contributed by atoms with Crippen LogP contribution in [0.2, 0.25) is 0 Å². The Bertz CT molecular complexity index is 666. The van der Waals surface area contributed by atoms with Crippen molar-refractivity contribution in [3.05, 3.63) is 59.2 Å². The van der Waals surface area contributed by atoms with Crippen molar-refractivity contribution in [1.29, 1.82) is 0 Å². The summed E-state index contributed by atoms with van der Waals surface area (Å²) in [6.45, 7) is 4.39. The van der Waals surface area contributed by atoms with Gasteiger partial charge in [-0.05, 0) is 42.2 Å². The maximum atomic E-state index is 10.6. The minimum absolute atomic E-state index is 0.303. The van der Waals surface area contributed by atoms with Gasteiger partial charge in [-0.25, -0.2) is 0 Å². The summed E-state index contributed by atoms with van der Waals surface area (Å²) in [4.78, 5) is 0. The number of anilines is 2. The molecule has 2 atom stereocenters. The molecule has 26 heavy (non-hydrogen) atoms. The van der Waals surface area contributed by atoms with Gasteiger partial charge in [-0.2, -0.15) is 0 Å². The number of unbranched alkanes of at least 4 members (excludes halogenated alkanes) is 3. The fourth-order valence-electron chi connectivity index (χ4n) is 3.50. The lowest BCUT2D eigenvalue weighted by atomic mass is 9.85. The van der Waals surface area contributed by atoms with Crippen LogP contribution < -0.4 is 11.5 Å². The minimum atomic E-state index is -0.486. The molecule has 3 heteroatoms. The molecule has 0 saturated heterocycles. The van der Waals surface area contributed by atoms with Crippen LogP contribution in [0.5, 0.6) is 0 Å². The largest absolute Gasteiger partial charge is 0.399 e. The van der Waals surface area contributed by atoms with Gasteiger partial charge in [0, 0.05) is 22.9 Å². The fourth-order valence-corrected chi connectivity index (χ4v) is 3.50. The summed E-state index contributed by atoms with van der Waals surface area (Å²) in [6, 6.07) is 14.3. The highest BCUT2D eigenvalue weighted by Gasteiger charge is 2.18. The zero-order valence-corrected chi connectivity index (χ0v) is 16.2. The molecule has 5 N–H and O–H groups in total. The fraction of sp³-hybridized carbons (Fsp3) is 0.478. The number of aliphatic hydroxyl groups excluding tert-OH is 1. The molecular weight excluding hydrogens is 320 g/mol. The van der Waals surface area contributed by atoms with E-state index in [0.717, 1.165) is 56.2 Å². The van der Waals surface area contributed by atoms with Gasteiger partial charge in [-0.3, -0.25) is 0 Å². The highest BCUT2D eigenvalue weighted by molar-refractivity contribution is 5.52. The number of hydrogen-bond acceptors (Lipinski definition) is 3. The van der Waals surface area contributed by atoms with Gasteiger partial charge in [0.2, 0.25) is 0 Å². The van der Waals surface area contributed by atoms with Crippen molar-refractivity contribution in [2.45, 2.75) is 70.8 Å². The molecule has 3 nitrogen and oxygen atoms in total. The minimum Gasteiger partial charge on any atom is -0.399 e. The van der Waals surface area contributed by atoms with Gasteiger partial charge in [0.15, 0.2) is 0 Å². The molecule has 0 radical (unpaired) electrons. The predicted molar refractivity (Wildman–Crippen MR) is 112 cm³/mol. The molecule has 0 aromatic heterocycles. The summed E-state index contributed by atoms with van der Waals surface area (Å²) >= 11 is 0. The van der Waals surface area contributed by atoms with E-state index in [0.29, 0.717) is 11.6 Å². The smallest absolute Gasteiger partial charge is 0.0810 e. The summed E-state index contributed by atoms with van der Waals surface area (Å²) in [5.74, 6) is 0.303. The monoisotopic (exact) mass is 354 g/mol. The zero-order valence-electron chi connectivity index (χ0n) is 16.2. The maximum Gasteiger partial charge on any atom is 0.0810 e. The molecule has 2 unspecified atom stereocenters. The second-order valence-electron chi connectivity index (χ2n) is 7.26. The van der Waals surface area contributed by atoms with Crippen molar-refractivity contribution in [2.24, 2.45) is 0 Å². The molecule has 0 fully saturated rings. The van der Waals surface area contributed by atoms with Crippen LogP contribution in [0.15, 0.2) is 42.5 Å². The Morgan fingerprint density at radius 1 is 0.808 bits per heavy atom. The van der Waals surface area contributed by atoms with Gasteiger partial charge in [0.1, 0.15) is 0 Å². The summed E-state index contributed by atoms with van der Waals surface area (Å²) < 4.78 is 0. The van der Waals surface area contributed by atoms with Gasteiger partial charge in [0.05, 0.1) is 6.10 Å². The summed E-state index contributed by atoms with van der Waals surface area (Å²) in [5, 5.41) is 10.6. The van der Waals surface area contributed by atoms with E-state index in [4.69, 9.17) is 11.5 Å². The van der Waals surface area contributed by atoms with E-state index in [9.17, 15) is 5.11 Å². The Hall–Kier alpha value is -2.00. The van der Waals surface area contributed by atoms with Gasteiger partial charge >= 0.3 is 0 Å². The van der Waals surface area contributed by atoms with Crippen LogP contribution in [0.1, 0.15) is 87.5 Å². The van der Waals surface area contributed by atoms with Gasteiger partial charge in [-0.1, -0.05) is 70.2 Å². The Labute approximate surface area is 158 Å². The number of rotatable bonds is 10. The van der Waals surface area contributed by atoms with E-state index >= 15 is 0 Å². The van der Waals surface area contributed by atoms with E-state index < -0.39 is 6.10 Å². The topological polar surface area (TPSA) is 72.3 Å². The average Bonchev–Trinajstić information content (AvgIpc) is 2.64. The number of nitrogens with two attached hydrogens (primary N) is 2. The molecule has 2 aromatic rings. The van der Waals surface area contributed by atoms with Crippen LogP contribution >= 0.6 is 0 Å². The van der Waals surface area contributed by atoms with Crippen LogP contribution in [0, 0.1) is 0 Å². The number of benzene rings is 2. The Morgan fingerprint density at radius 3 is 2.12 bits per heavy atom. The molecule has 0 amide bonds. The molecule has 2 rings (SSSR count). The Balaban J connectivity index is 2.29. The van der Waals surface area contributed by atoms with Crippen LogP contribution in [0.25, 0.3) is 0 Å². The standard InChI is InChI=1S/C23H34N2O/c1-3-5-7-9-23(26)21-16-18(12-15-22(21)25)20(8-6-4-2)17-10-13-19(24)14-11-17/h10-16,20,23,26H,3-9,24-25H2,1-2H3. The van der Waals surface area contributed by atoms with Gasteiger partial charge in [-0.15, -0.1) is 0 Å². The van der Waals surface area contributed by atoms with E-state index in [2.05, 4.69) is 38.1 Å². The third-order valence-corrected chi connectivity index (χ3v) is 5.14. The van der Waals surface area contributed by atoms with Crippen molar-refractivity contribution >= 4 is 11.4 Å². The average molecular weight is 355 g/mol. The quantitative estimate of drug-likeness (QED) is 0.374. The van der Waals surface area contributed by atoms with Gasteiger partial charge < -0.3 is 16.6 Å². The van der Waals surface area contributed by atoms with Crippen LogP contribution in [0.3, 0.4) is 0 Å². The summed E-state index contributed by atoms with van der Waals surface area (Å²) in [7, 11) is 0. The molecule has 2 aromatic carbocycles. The Morgan fingerprint density at radius 2 is 1.46 bits per heavy atom. The third-order valence-electron chi connectivity index (χ3n) is 5.14. The maximum absolute atomic E-state index is 10.6. The van der Waals surface area contributed by atoms with E-state index in [1.54, 1.807) is 0 Å². The zero-order chi connectivity index (χ0) is 18.9. The van der Waals surface area contributed by atoms with Crippen LogP contribution in [-0.4, -0.2) is 5.11 Å². The first-order valence-corrected chi connectivity index (χ1v) is 9.99. The van der Waals surface area contributed by atoms with Crippen molar-refractivity contribution in [3.63, 3.8) is 0 Å². The molecule has 0 aliphatic carbocycles. The lowest BCUT2D eigenvalue weighted by Crippen LogP contribution is -2.07. The SMILES string of the molecule is CCCCCC(O)c1cc(C(CCCC)c2ccc(N)cc2)ccc1N. The van der Waals surface area contributed by atoms with Gasteiger partial charge in [0.25, 0.3) is 0 Å². The second kappa shape index (κ2) is 10.2. The molecule has 0 spiro atoms. The van der Waals surface area contributed by atoms with Crippen molar-refractivity contribution in [2.75, 3.05) is 11.5 Å². The second-order valence-corrected chi connectivity index (χ2v) is 7.26. The molecule has 0 bridgehead atoms. The molecule has 0 saturated carbocycles. The molecule has 0 aliphatic rings. The molecule has 142 valence electrons. The number of hydrogen-bond donors (Lipinski definition) is 3.